The van der Waals surface area contributed by atoms with Gasteiger partial charge in [0.2, 0.25) is 0 Å². The summed E-state index contributed by atoms with van der Waals surface area (Å²) in [6, 6.07) is 2.00. The molecule has 2 rings (SSSR count). The summed E-state index contributed by atoms with van der Waals surface area (Å²) >= 11 is 3.51. The van der Waals surface area contributed by atoms with Crippen molar-refractivity contribution < 1.29 is 0 Å². The number of rotatable bonds is 3. The van der Waals surface area contributed by atoms with Crippen molar-refractivity contribution in [2.45, 2.75) is 20.4 Å². The second-order valence-corrected chi connectivity index (χ2v) is 4.95. The van der Waals surface area contributed by atoms with E-state index in [1.54, 1.807) is 12.4 Å². The Morgan fingerprint density at radius 2 is 2.11 bits per heavy atom. The van der Waals surface area contributed by atoms with Gasteiger partial charge in [-0.05, 0) is 52.5 Å². The molecule has 0 aliphatic heterocycles. The number of halogens is 1. The number of pyridine rings is 2. The van der Waals surface area contributed by atoms with E-state index in [0.29, 0.717) is 12.2 Å². The smallest absolute Gasteiger partial charge is 0.140 e. The molecular weight excluding hydrogens is 292 g/mol. The highest BCUT2D eigenvalue weighted by Gasteiger charge is 2.07. The second kappa shape index (κ2) is 5.35. The average Bonchev–Trinajstić information content (AvgIpc) is 2.37. The summed E-state index contributed by atoms with van der Waals surface area (Å²) in [5.74, 6) is 0.804. The predicted octanol–water partition coefficient (Wildman–Crippen LogP) is 3.05. The molecule has 0 saturated heterocycles. The van der Waals surface area contributed by atoms with Crippen LogP contribution in [-0.2, 0) is 6.54 Å². The van der Waals surface area contributed by atoms with Crippen LogP contribution in [0.3, 0.4) is 0 Å². The first-order valence-corrected chi connectivity index (χ1v) is 6.43. The molecule has 0 amide bonds. The zero-order valence-electron chi connectivity index (χ0n) is 10.4. The van der Waals surface area contributed by atoms with Gasteiger partial charge in [-0.3, -0.25) is 4.98 Å². The lowest BCUT2D eigenvalue weighted by molar-refractivity contribution is 1.06. The van der Waals surface area contributed by atoms with Crippen LogP contribution in [0.4, 0.5) is 11.5 Å². The van der Waals surface area contributed by atoms with Crippen molar-refractivity contribution in [2.75, 3.05) is 11.1 Å². The Morgan fingerprint density at radius 3 is 2.83 bits per heavy atom. The molecule has 2 aromatic rings. The van der Waals surface area contributed by atoms with E-state index in [2.05, 4.69) is 31.2 Å². The molecule has 94 valence electrons. The fraction of sp³-hybridized carbons (Fsp3) is 0.231. The number of nitrogens with zero attached hydrogens (tertiary/aromatic N) is 2. The van der Waals surface area contributed by atoms with Crippen LogP contribution >= 0.6 is 15.9 Å². The van der Waals surface area contributed by atoms with Crippen molar-refractivity contribution in [2.24, 2.45) is 0 Å². The lowest BCUT2D eigenvalue weighted by Gasteiger charge is -2.11. The maximum Gasteiger partial charge on any atom is 0.140 e. The Hall–Kier alpha value is -1.62. The number of aromatic nitrogens is 2. The van der Waals surface area contributed by atoms with Gasteiger partial charge in [-0.2, -0.15) is 0 Å². The number of anilines is 2. The Labute approximate surface area is 115 Å². The minimum absolute atomic E-state index is 0.688. The SMILES string of the molecule is Cc1cnccc1CNc1ncc(N)c(C)c1Br. The topological polar surface area (TPSA) is 63.8 Å². The zero-order chi connectivity index (χ0) is 13.1. The summed E-state index contributed by atoms with van der Waals surface area (Å²) in [5.41, 5.74) is 9.84. The summed E-state index contributed by atoms with van der Waals surface area (Å²) < 4.78 is 0.911. The summed E-state index contributed by atoms with van der Waals surface area (Å²) in [6.07, 6.45) is 5.32. The molecule has 0 atom stereocenters. The highest BCUT2D eigenvalue weighted by molar-refractivity contribution is 9.10. The minimum Gasteiger partial charge on any atom is -0.397 e. The minimum atomic E-state index is 0.688. The molecule has 3 N–H and O–H groups in total. The van der Waals surface area contributed by atoms with Gasteiger partial charge in [-0.1, -0.05) is 0 Å². The first-order valence-electron chi connectivity index (χ1n) is 5.63. The lowest BCUT2D eigenvalue weighted by Crippen LogP contribution is -2.05. The van der Waals surface area contributed by atoms with E-state index >= 15 is 0 Å². The maximum atomic E-state index is 5.79. The highest BCUT2D eigenvalue weighted by atomic mass is 79.9. The summed E-state index contributed by atoms with van der Waals surface area (Å²) in [5, 5.41) is 3.30. The molecular formula is C13H15BrN4. The van der Waals surface area contributed by atoms with Gasteiger partial charge in [0.15, 0.2) is 0 Å². The molecule has 0 fully saturated rings. The highest BCUT2D eigenvalue weighted by Crippen LogP contribution is 2.28. The van der Waals surface area contributed by atoms with Crippen LogP contribution in [0, 0.1) is 13.8 Å². The summed E-state index contributed by atoms with van der Waals surface area (Å²) in [4.78, 5) is 8.36. The van der Waals surface area contributed by atoms with Crippen molar-refractivity contribution in [3.63, 3.8) is 0 Å². The van der Waals surface area contributed by atoms with E-state index in [1.807, 2.05) is 26.1 Å². The zero-order valence-corrected chi connectivity index (χ0v) is 12.0. The van der Waals surface area contributed by atoms with Crippen LogP contribution in [-0.4, -0.2) is 9.97 Å². The third kappa shape index (κ3) is 2.61. The molecule has 0 aromatic carbocycles. The molecule has 0 bridgehead atoms. The lowest BCUT2D eigenvalue weighted by atomic mass is 10.1. The quantitative estimate of drug-likeness (QED) is 0.915. The number of nitrogens with one attached hydrogen (secondary N) is 1. The third-order valence-electron chi connectivity index (χ3n) is 2.89. The van der Waals surface area contributed by atoms with Gasteiger partial charge < -0.3 is 11.1 Å². The van der Waals surface area contributed by atoms with Crippen LogP contribution in [0.2, 0.25) is 0 Å². The molecule has 0 aliphatic carbocycles. The largest absolute Gasteiger partial charge is 0.397 e. The second-order valence-electron chi connectivity index (χ2n) is 4.16. The first-order chi connectivity index (χ1) is 8.59. The molecule has 2 heterocycles. The van der Waals surface area contributed by atoms with Crippen molar-refractivity contribution in [3.05, 3.63) is 45.8 Å². The van der Waals surface area contributed by atoms with Gasteiger partial charge in [0.05, 0.1) is 16.4 Å². The van der Waals surface area contributed by atoms with E-state index in [4.69, 9.17) is 5.73 Å². The van der Waals surface area contributed by atoms with Gasteiger partial charge in [0, 0.05) is 18.9 Å². The maximum absolute atomic E-state index is 5.79. The predicted molar refractivity (Wildman–Crippen MR) is 77.4 cm³/mol. The fourth-order valence-electron chi connectivity index (χ4n) is 1.59. The van der Waals surface area contributed by atoms with Gasteiger partial charge >= 0.3 is 0 Å². The van der Waals surface area contributed by atoms with Crippen LogP contribution in [0.5, 0.6) is 0 Å². The fourth-order valence-corrected chi connectivity index (χ4v) is 2.07. The molecule has 0 spiro atoms. The van der Waals surface area contributed by atoms with Gasteiger partial charge in [0.25, 0.3) is 0 Å². The van der Waals surface area contributed by atoms with Crippen LogP contribution < -0.4 is 11.1 Å². The van der Waals surface area contributed by atoms with Gasteiger partial charge in [-0.15, -0.1) is 0 Å². The van der Waals surface area contributed by atoms with E-state index in [1.165, 1.54) is 5.56 Å². The van der Waals surface area contributed by atoms with Crippen LogP contribution in [0.25, 0.3) is 0 Å². The molecule has 4 nitrogen and oxygen atoms in total. The van der Waals surface area contributed by atoms with E-state index in [9.17, 15) is 0 Å². The van der Waals surface area contributed by atoms with E-state index < -0.39 is 0 Å². The molecule has 18 heavy (non-hydrogen) atoms. The number of hydrogen-bond donors (Lipinski definition) is 2. The van der Waals surface area contributed by atoms with Gasteiger partial charge in [-0.25, -0.2) is 4.98 Å². The van der Waals surface area contributed by atoms with Crippen molar-refractivity contribution >= 4 is 27.4 Å². The van der Waals surface area contributed by atoms with Gasteiger partial charge in [0.1, 0.15) is 5.82 Å². The number of hydrogen-bond acceptors (Lipinski definition) is 4. The summed E-state index contributed by atoms with van der Waals surface area (Å²) in [6.45, 7) is 4.72. The van der Waals surface area contributed by atoms with Crippen molar-refractivity contribution in [3.8, 4) is 0 Å². The number of nitrogens with two attached hydrogens (primary N) is 1. The molecule has 0 unspecified atom stereocenters. The van der Waals surface area contributed by atoms with E-state index in [-0.39, 0.29) is 0 Å². The third-order valence-corrected chi connectivity index (χ3v) is 3.86. The number of aryl methyl sites for hydroxylation is 1. The Morgan fingerprint density at radius 1 is 1.33 bits per heavy atom. The van der Waals surface area contributed by atoms with Crippen molar-refractivity contribution in [1.82, 2.24) is 9.97 Å². The Bertz CT molecular complexity index is 569. The standard InChI is InChI=1S/C13H15BrN4/c1-8-5-16-4-3-10(8)6-17-13-12(14)9(2)11(15)7-18-13/h3-5,7H,6,15H2,1-2H3,(H,17,18). The molecule has 2 aromatic heterocycles. The van der Waals surface area contributed by atoms with Crippen LogP contribution in [0.15, 0.2) is 29.1 Å². The first kappa shape index (κ1) is 12.8. The molecule has 0 aliphatic rings. The summed E-state index contributed by atoms with van der Waals surface area (Å²) in [7, 11) is 0. The average molecular weight is 307 g/mol. The van der Waals surface area contributed by atoms with Crippen molar-refractivity contribution in [1.29, 1.82) is 0 Å². The molecule has 5 heteroatoms. The Kier molecular flexibility index (Phi) is 3.81. The Balaban J connectivity index is 2.17. The van der Waals surface area contributed by atoms with Crippen LogP contribution in [0.1, 0.15) is 16.7 Å². The monoisotopic (exact) mass is 306 g/mol. The molecule has 0 saturated carbocycles. The normalized spacial score (nSPS) is 10.4. The molecule has 0 radical (unpaired) electrons. The van der Waals surface area contributed by atoms with E-state index in [0.717, 1.165) is 21.4 Å². The number of nitrogen functional groups attached to an aromatic ring is 1.